The van der Waals surface area contributed by atoms with Crippen molar-refractivity contribution in [3.63, 3.8) is 0 Å². The third kappa shape index (κ3) is 4.53. The predicted octanol–water partition coefficient (Wildman–Crippen LogP) is 7.73. The van der Waals surface area contributed by atoms with Gasteiger partial charge >= 0.3 is 0 Å². The standard InChI is InChI=1S/C29H17Cl2FN4OS/c30-18-14-20-26(21(31)15-18)34-25(36(29(20)37)24-13-7-5-11-22(24)32)16-38-28-19-10-4-6-12-23(19)33-27(35-28)17-8-2-1-3-9-17/h1-15H,16H2. The van der Waals surface area contributed by atoms with Gasteiger partial charge in [0.2, 0.25) is 0 Å². The van der Waals surface area contributed by atoms with E-state index in [4.69, 9.17) is 38.2 Å². The predicted molar refractivity (Wildman–Crippen MR) is 152 cm³/mol. The fourth-order valence-corrected chi connectivity index (χ4v) is 5.72. The van der Waals surface area contributed by atoms with E-state index in [0.717, 1.165) is 16.5 Å². The summed E-state index contributed by atoms with van der Waals surface area (Å²) in [5, 5.41) is 2.33. The molecule has 0 atom stereocenters. The summed E-state index contributed by atoms with van der Waals surface area (Å²) in [5.74, 6) is 0.579. The number of para-hydroxylation sites is 2. The van der Waals surface area contributed by atoms with Crippen LogP contribution in [0.4, 0.5) is 4.39 Å². The molecule has 2 heterocycles. The molecule has 0 fully saturated rings. The van der Waals surface area contributed by atoms with Gasteiger partial charge in [-0.05, 0) is 30.3 Å². The van der Waals surface area contributed by atoms with E-state index in [-0.39, 0.29) is 21.8 Å². The van der Waals surface area contributed by atoms with Crippen LogP contribution in [0.3, 0.4) is 0 Å². The molecule has 9 heteroatoms. The lowest BCUT2D eigenvalue weighted by Crippen LogP contribution is -2.24. The van der Waals surface area contributed by atoms with Gasteiger partial charge < -0.3 is 0 Å². The Hall–Kier alpha value is -3.78. The molecule has 0 aliphatic carbocycles. The minimum atomic E-state index is -0.547. The fraction of sp³-hybridized carbons (Fsp3) is 0.0345. The highest BCUT2D eigenvalue weighted by atomic mass is 35.5. The summed E-state index contributed by atoms with van der Waals surface area (Å²) in [6.45, 7) is 0. The zero-order valence-electron chi connectivity index (χ0n) is 19.6. The van der Waals surface area contributed by atoms with Gasteiger partial charge in [-0.3, -0.25) is 9.36 Å². The molecule has 0 saturated heterocycles. The highest BCUT2D eigenvalue weighted by Crippen LogP contribution is 2.32. The van der Waals surface area contributed by atoms with E-state index in [0.29, 0.717) is 27.2 Å². The minimum absolute atomic E-state index is 0.0936. The number of halogens is 3. The number of hydrogen-bond donors (Lipinski definition) is 0. The quantitative estimate of drug-likeness (QED) is 0.160. The maximum Gasteiger partial charge on any atom is 0.266 e. The molecule has 0 unspecified atom stereocenters. The first kappa shape index (κ1) is 24.6. The van der Waals surface area contributed by atoms with Gasteiger partial charge in [-0.25, -0.2) is 19.3 Å². The second-order valence-corrected chi connectivity index (χ2v) is 10.2. The first-order chi connectivity index (χ1) is 18.5. The Morgan fingerprint density at radius 2 is 1.55 bits per heavy atom. The van der Waals surface area contributed by atoms with Crippen molar-refractivity contribution >= 4 is 56.8 Å². The summed E-state index contributed by atoms with van der Waals surface area (Å²) < 4.78 is 16.2. The van der Waals surface area contributed by atoms with E-state index in [9.17, 15) is 9.18 Å². The third-order valence-electron chi connectivity index (χ3n) is 5.99. The average Bonchev–Trinajstić information content (AvgIpc) is 2.93. The van der Waals surface area contributed by atoms with E-state index < -0.39 is 11.4 Å². The Kier molecular flexibility index (Phi) is 6.57. The molecular formula is C29H17Cl2FN4OS. The van der Waals surface area contributed by atoms with Crippen molar-refractivity contribution in [3.05, 3.63) is 123 Å². The number of aromatic nitrogens is 4. The molecule has 2 aromatic heterocycles. The molecule has 6 aromatic rings. The third-order valence-corrected chi connectivity index (χ3v) is 7.49. The van der Waals surface area contributed by atoms with E-state index in [1.54, 1.807) is 12.1 Å². The Labute approximate surface area is 230 Å². The number of benzene rings is 4. The van der Waals surface area contributed by atoms with Crippen molar-refractivity contribution in [1.82, 2.24) is 19.5 Å². The lowest BCUT2D eigenvalue weighted by molar-refractivity contribution is 0.613. The molecule has 0 amide bonds. The molecule has 0 radical (unpaired) electrons. The van der Waals surface area contributed by atoms with Crippen molar-refractivity contribution < 1.29 is 4.39 Å². The molecule has 6 rings (SSSR count). The molecule has 186 valence electrons. The van der Waals surface area contributed by atoms with Gasteiger partial charge in [0.15, 0.2) is 5.82 Å². The summed E-state index contributed by atoms with van der Waals surface area (Å²) in [7, 11) is 0. The zero-order valence-corrected chi connectivity index (χ0v) is 21.9. The SMILES string of the molecule is O=c1c2cc(Cl)cc(Cl)c2nc(CSc2nc(-c3ccccc3)nc3ccccc23)n1-c1ccccc1F. The van der Waals surface area contributed by atoms with Crippen LogP contribution in [0.1, 0.15) is 5.82 Å². The smallest absolute Gasteiger partial charge is 0.266 e. The lowest BCUT2D eigenvalue weighted by atomic mass is 10.2. The van der Waals surface area contributed by atoms with Crippen LogP contribution in [-0.4, -0.2) is 19.5 Å². The second kappa shape index (κ2) is 10.2. The summed E-state index contributed by atoms with van der Waals surface area (Å²) in [6, 6.07) is 26.5. The van der Waals surface area contributed by atoms with Crippen LogP contribution in [0, 0.1) is 5.82 Å². The van der Waals surface area contributed by atoms with Crippen molar-refractivity contribution in [3.8, 4) is 17.1 Å². The van der Waals surface area contributed by atoms with Gasteiger partial charge in [-0.15, -0.1) is 0 Å². The maximum absolute atomic E-state index is 14.9. The molecule has 38 heavy (non-hydrogen) atoms. The number of thioether (sulfide) groups is 1. The maximum atomic E-state index is 14.9. The molecular weight excluding hydrogens is 542 g/mol. The number of fused-ring (bicyclic) bond motifs is 2. The van der Waals surface area contributed by atoms with Crippen LogP contribution in [-0.2, 0) is 5.75 Å². The first-order valence-corrected chi connectivity index (χ1v) is 13.3. The van der Waals surface area contributed by atoms with Crippen LogP contribution in [0.2, 0.25) is 10.0 Å². The Balaban J connectivity index is 1.52. The van der Waals surface area contributed by atoms with E-state index in [1.165, 1.54) is 40.6 Å². The molecule has 0 N–H and O–H groups in total. The van der Waals surface area contributed by atoms with Gasteiger partial charge in [0.05, 0.1) is 32.9 Å². The van der Waals surface area contributed by atoms with E-state index >= 15 is 0 Å². The summed E-state index contributed by atoms with van der Waals surface area (Å²) >= 11 is 14.0. The number of hydrogen-bond acceptors (Lipinski definition) is 5. The molecule has 0 bridgehead atoms. The minimum Gasteiger partial charge on any atom is -0.268 e. The molecule has 0 aliphatic rings. The van der Waals surface area contributed by atoms with E-state index in [1.807, 2.05) is 54.6 Å². The monoisotopic (exact) mass is 558 g/mol. The summed E-state index contributed by atoms with van der Waals surface area (Å²) in [4.78, 5) is 28.0. The van der Waals surface area contributed by atoms with Crippen LogP contribution >= 0.6 is 35.0 Å². The van der Waals surface area contributed by atoms with Crippen LogP contribution in [0.25, 0.3) is 38.9 Å². The van der Waals surface area contributed by atoms with Crippen LogP contribution in [0.15, 0.2) is 101 Å². The molecule has 0 aliphatic heterocycles. The molecule has 0 spiro atoms. The second-order valence-electron chi connectivity index (χ2n) is 8.43. The Bertz CT molecular complexity index is 1900. The normalized spacial score (nSPS) is 11.3. The lowest BCUT2D eigenvalue weighted by Gasteiger charge is -2.15. The van der Waals surface area contributed by atoms with Crippen LogP contribution in [0.5, 0.6) is 0 Å². The highest BCUT2D eigenvalue weighted by Gasteiger charge is 2.19. The highest BCUT2D eigenvalue weighted by molar-refractivity contribution is 7.98. The van der Waals surface area contributed by atoms with Crippen molar-refractivity contribution in [2.45, 2.75) is 10.8 Å². The van der Waals surface area contributed by atoms with E-state index in [2.05, 4.69) is 0 Å². The van der Waals surface area contributed by atoms with Crippen molar-refractivity contribution in [2.24, 2.45) is 0 Å². The first-order valence-electron chi connectivity index (χ1n) is 11.6. The number of nitrogens with zero attached hydrogens (tertiary/aromatic N) is 4. The molecule has 4 aromatic carbocycles. The average molecular weight is 559 g/mol. The number of rotatable bonds is 5. The largest absolute Gasteiger partial charge is 0.268 e. The van der Waals surface area contributed by atoms with Crippen LogP contribution < -0.4 is 5.56 Å². The van der Waals surface area contributed by atoms with Crippen molar-refractivity contribution in [1.29, 1.82) is 0 Å². The summed E-state index contributed by atoms with van der Waals surface area (Å²) in [6.07, 6.45) is 0. The van der Waals surface area contributed by atoms with Gasteiger partial charge in [-0.2, -0.15) is 0 Å². The zero-order chi connectivity index (χ0) is 26.2. The summed E-state index contributed by atoms with van der Waals surface area (Å²) in [5.41, 5.74) is 1.62. The van der Waals surface area contributed by atoms with Gasteiger partial charge in [0.1, 0.15) is 16.7 Å². The topological polar surface area (TPSA) is 60.7 Å². The van der Waals surface area contributed by atoms with Crippen molar-refractivity contribution in [2.75, 3.05) is 0 Å². The molecule has 0 saturated carbocycles. The van der Waals surface area contributed by atoms with Gasteiger partial charge in [-0.1, -0.05) is 95.6 Å². The van der Waals surface area contributed by atoms with Gasteiger partial charge in [0, 0.05) is 16.0 Å². The Morgan fingerprint density at radius 3 is 2.37 bits per heavy atom. The molecule has 5 nitrogen and oxygen atoms in total. The fourth-order valence-electron chi connectivity index (χ4n) is 4.24. The van der Waals surface area contributed by atoms with Gasteiger partial charge in [0.25, 0.3) is 5.56 Å². The Morgan fingerprint density at radius 1 is 0.816 bits per heavy atom.